The van der Waals surface area contributed by atoms with Crippen LogP contribution in [0.2, 0.25) is 0 Å². The quantitative estimate of drug-likeness (QED) is 0.829. The van der Waals surface area contributed by atoms with Crippen molar-refractivity contribution in [3.05, 3.63) is 36.4 Å². The molecule has 0 saturated heterocycles. The fraction of sp³-hybridized carbons (Fsp3) is 0.308. The number of aliphatic carboxylic acids is 1. The van der Waals surface area contributed by atoms with Gasteiger partial charge in [-0.15, -0.1) is 5.10 Å². The van der Waals surface area contributed by atoms with Crippen molar-refractivity contribution in [2.45, 2.75) is 19.9 Å². The molecule has 0 aliphatic rings. The van der Waals surface area contributed by atoms with Crippen molar-refractivity contribution in [3.8, 4) is 5.69 Å². The van der Waals surface area contributed by atoms with Gasteiger partial charge in [0.25, 0.3) is 5.91 Å². The monoisotopic (exact) mass is 289 g/mol. The molecule has 0 aliphatic carbocycles. The first-order valence-electron chi connectivity index (χ1n) is 6.34. The predicted octanol–water partition coefficient (Wildman–Crippen LogP) is 0.501. The Morgan fingerprint density at radius 1 is 1.33 bits per heavy atom. The van der Waals surface area contributed by atoms with Crippen LogP contribution in [0, 0.1) is 5.92 Å². The van der Waals surface area contributed by atoms with Gasteiger partial charge in [0.05, 0.1) is 29.8 Å². The fourth-order valence-corrected chi connectivity index (χ4v) is 1.76. The average Bonchev–Trinajstić information content (AvgIpc) is 2.98. The maximum atomic E-state index is 12.1. The molecule has 0 aromatic carbocycles. The van der Waals surface area contributed by atoms with Gasteiger partial charge in [0.2, 0.25) is 0 Å². The lowest BCUT2D eigenvalue weighted by Gasteiger charge is -2.17. The van der Waals surface area contributed by atoms with Crippen LogP contribution < -0.4 is 5.32 Å². The van der Waals surface area contributed by atoms with Gasteiger partial charge >= 0.3 is 5.97 Å². The first kappa shape index (κ1) is 14.6. The number of rotatable bonds is 5. The molecule has 21 heavy (non-hydrogen) atoms. The van der Waals surface area contributed by atoms with E-state index in [1.54, 1.807) is 26.1 Å². The number of nitrogens with zero attached hydrogens (tertiary/aromatic N) is 4. The van der Waals surface area contributed by atoms with Gasteiger partial charge < -0.3 is 10.4 Å². The summed E-state index contributed by atoms with van der Waals surface area (Å²) >= 11 is 0. The second-order valence-corrected chi connectivity index (χ2v) is 4.81. The number of nitrogens with one attached hydrogen (secondary N) is 1. The zero-order valence-electron chi connectivity index (χ0n) is 11.6. The van der Waals surface area contributed by atoms with Gasteiger partial charge in [-0.05, 0) is 12.0 Å². The normalized spacial score (nSPS) is 12.1. The van der Waals surface area contributed by atoms with Gasteiger partial charge in [0, 0.05) is 6.20 Å². The smallest absolute Gasteiger partial charge is 0.326 e. The number of hydrogen-bond donors (Lipinski definition) is 2. The van der Waals surface area contributed by atoms with Crippen LogP contribution in [0.3, 0.4) is 0 Å². The highest BCUT2D eigenvalue weighted by Crippen LogP contribution is 2.09. The Labute approximate surface area is 120 Å². The molecule has 8 nitrogen and oxygen atoms in total. The van der Waals surface area contributed by atoms with Crippen molar-refractivity contribution in [2.24, 2.45) is 5.92 Å². The molecule has 1 atom stereocenters. The van der Waals surface area contributed by atoms with Crippen LogP contribution in [-0.4, -0.2) is 43.0 Å². The molecule has 2 heterocycles. The molecule has 2 rings (SSSR count). The minimum absolute atomic E-state index is 0.224. The van der Waals surface area contributed by atoms with Gasteiger partial charge in [-0.2, -0.15) is 0 Å². The summed E-state index contributed by atoms with van der Waals surface area (Å²) in [6.07, 6.45) is 6.02. The molecule has 0 aliphatic heterocycles. The lowest BCUT2D eigenvalue weighted by Crippen LogP contribution is -2.44. The highest BCUT2D eigenvalue weighted by Gasteiger charge is 2.24. The Morgan fingerprint density at radius 3 is 2.67 bits per heavy atom. The van der Waals surface area contributed by atoms with E-state index in [2.05, 4.69) is 20.6 Å². The second kappa shape index (κ2) is 6.12. The van der Waals surface area contributed by atoms with E-state index >= 15 is 0 Å². The van der Waals surface area contributed by atoms with E-state index in [0.29, 0.717) is 5.69 Å². The van der Waals surface area contributed by atoms with Crippen molar-refractivity contribution >= 4 is 11.9 Å². The second-order valence-electron chi connectivity index (χ2n) is 4.81. The van der Waals surface area contributed by atoms with E-state index in [9.17, 15) is 9.59 Å². The lowest BCUT2D eigenvalue weighted by atomic mass is 10.0. The standard InChI is InChI=1S/C13H15N5O3/c1-8(2)11(13(20)21)16-12(19)9-5-10(7-14-6-9)18-4-3-15-17-18/h3-8,11H,1-2H3,(H,16,19)(H,20,21)/t11-/m1/s1. The summed E-state index contributed by atoms with van der Waals surface area (Å²) in [4.78, 5) is 27.2. The molecule has 2 aromatic heterocycles. The molecule has 2 aromatic rings. The zero-order chi connectivity index (χ0) is 15.4. The molecule has 8 heteroatoms. The van der Waals surface area contributed by atoms with Gasteiger partial charge in [0.15, 0.2) is 0 Å². The summed E-state index contributed by atoms with van der Waals surface area (Å²) in [7, 11) is 0. The summed E-state index contributed by atoms with van der Waals surface area (Å²) in [5.74, 6) is -1.79. The van der Waals surface area contributed by atoms with E-state index < -0.39 is 17.9 Å². The highest BCUT2D eigenvalue weighted by atomic mass is 16.4. The number of carboxylic acid groups (broad SMARTS) is 1. The summed E-state index contributed by atoms with van der Waals surface area (Å²) in [6, 6.07) is 0.614. The summed E-state index contributed by atoms with van der Waals surface area (Å²) in [6.45, 7) is 3.45. The number of aromatic nitrogens is 4. The lowest BCUT2D eigenvalue weighted by molar-refractivity contribution is -0.140. The molecule has 0 unspecified atom stereocenters. The van der Waals surface area contributed by atoms with Crippen molar-refractivity contribution in [1.82, 2.24) is 25.3 Å². The van der Waals surface area contributed by atoms with Crippen molar-refractivity contribution < 1.29 is 14.7 Å². The van der Waals surface area contributed by atoms with Crippen LogP contribution in [-0.2, 0) is 4.79 Å². The maximum Gasteiger partial charge on any atom is 0.326 e. The summed E-state index contributed by atoms with van der Waals surface area (Å²) < 4.78 is 1.46. The molecule has 0 fully saturated rings. The number of carbonyl (C=O) groups excluding carboxylic acids is 1. The molecular formula is C13H15N5O3. The van der Waals surface area contributed by atoms with Crippen molar-refractivity contribution in [3.63, 3.8) is 0 Å². The Morgan fingerprint density at radius 2 is 2.10 bits per heavy atom. The largest absolute Gasteiger partial charge is 0.480 e. The number of hydrogen-bond acceptors (Lipinski definition) is 5. The van der Waals surface area contributed by atoms with Crippen molar-refractivity contribution in [2.75, 3.05) is 0 Å². The third-order valence-electron chi connectivity index (χ3n) is 2.89. The zero-order valence-corrected chi connectivity index (χ0v) is 11.6. The maximum absolute atomic E-state index is 12.1. The molecule has 0 radical (unpaired) electrons. The first-order valence-corrected chi connectivity index (χ1v) is 6.34. The van der Waals surface area contributed by atoms with E-state index in [0.717, 1.165) is 0 Å². The number of pyridine rings is 1. The summed E-state index contributed by atoms with van der Waals surface area (Å²) in [5.41, 5.74) is 0.825. The van der Waals surface area contributed by atoms with E-state index in [-0.39, 0.29) is 11.5 Å². The molecule has 2 N–H and O–H groups in total. The van der Waals surface area contributed by atoms with Gasteiger partial charge in [0.1, 0.15) is 6.04 Å². The molecular weight excluding hydrogens is 274 g/mol. The third-order valence-corrected chi connectivity index (χ3v) is 2.89. The predicted molar refractivity (Wildman–Crippen MR) is 72.9 cm³/mol. The number of carboxylic acids is 1. The minimum atomic E-state index is -1.07. The Hall–Kier alpha value is -2.77. The number of carbonyl (C=O) groups is 2. The van der Waals surface area contributed by atoms with E-state index in [1.807, 2.05) is 0 Å². The molecule has 0 saturated carbocycles. The Balaban J connectivity index is 2.20. The number of amides is 1. The fourth-order valence-electron chi connectivity index (χ4n) is 1.76. The summed E-state index contributed by atoms with van der Waals surface area (Å²) in [5, 5.41) is 19.1. The molecule has 0 bridgehead atoms. The van der Waals surface area contributed by atoms with E-state index in [1.165, 1.54) is 23.3 Å². The van der Waals surface area contributed by atoms with Gasteiger partial charge in [-0.3, -0.25) is 9.78 Å². The van der Waals surface area contributed by atoms with Gasteiger partial charge in [-0.25, -0.2) is 9.48 Å². The molecule has 110 valence electrons. The topological polar surface area (TPSA) is 110 Å². The van der Waals surface area contributed by atoms with Crippen LogP contribution >= 0.6 is 0 Å². The van der Waals surface area contributed by atoms with Crippen LogP contribution in [0.5, 0.6) is 0 Å². The van der Waals surface area contributed by atoms with Crippen LogP contribution in [0.15, 0.2) is 30.9 Å². The Kier molecular flexibility index (Phi) is 4.27. The SMILES string of the molecule is CC(C)[C@@H](NC(=O)c1cncc(-n2ccnn2)c1)C(=O)O. The highest BCUT2D eigenvalue weighted by molar-refractivity contribution is 5.96. The van der Waals surface area contributed by atoms with Crippen LogP contribution in [0.1, 0.15) is 24.2 Å². The molecule has 0 spiro atoms. The minimum Gasteiger partial charge on any atom is -0.480 e. The van der Waals surface area contributed by atoms with Gasteiger partial charge in [-0.1, -0.05) is 19.1 Å². The Bertz CT molecular complexity index is 639. The molecule has 1 amide bonds. The van der Waals surface area contributed by atoms with E-state index in [4.69, 9.17) is 5.11 Å². The first-order chi connectivity index (χ1) is 9.99. The van der Waals surface area contributed by atoms with Crippen molar-refractivity contribution in [1.29, 1.82) is 0 Å². The van der Waals surface area contributed by atoms with Crippen LogP contribution in [0.4, 0.5) is 0 Å². The third kappa shape index (κ3) is 3.41. The van der Waals surface area contributed by atoms with Crippen LogP contribution in [0.25, 0.3) is 5.69 Å². The average molecular weight is 289 g/mol.